The van der Waals surface area contributed by atoms with Crippen LogP contribution in [-0.4, -0.2) is 27.6 Å². The maximum absolute atomic E-state index is 12.8. The fourth-order valence-corrected chi connectivity index (χ4v) is 3.92. The number of aromatic nitrogens is 3. The highest BCUT2D eigenvalue weighted by Gasteiger charge is 2.22. The maximum atomic E-state index is 12.8. The topological polar surface area (TPSA) is 50.5 Å². The van der Waals surface area contributed by atoms with Gasteiger partial charge in [0.15, 0.2) is 5.01 Å². The van der Waals surface area contributed by atoms with E-state index >= 15 is 0 Å². The molecule has 0 N–H and O–H groups in total. The molecular formula is C19H15ClN4OS. The van der Waals surface area contributed by atoms with Crippen molar-refractivity contribution in [3.8, 4) is 11.3 Å². The van der Waals surface area contributed by atoms with Crippen LogP contribution in [0.25, 0.3) is 16.8 Å². The minimum absolute atomic E-state index is 0.190. The van der Waals surface area contributed by atoms with Crippen LogP contribution in [0.3, 0.4) is 0 Å². The molecule has 1 aromatic carbocycles. The number of halogens is 1. The molecule has 4 rings (SSSR count). The zero-order valence-electron chi connectivity index (χ0n) is 14.2. The number of carbonyl (C=O) groups is 1. The molecule has 0 saturated carbocycles. The van der Waals surface area contributed by atoms with Crippen molar-refractivity contribution < 1.29 is 4.79 Å². The highest BCUT2D eigenvalue weighted by atomic mass is 35.5. The molecule has 0 bridgehead atoms. The van der Waals surface area contributed by atoms with E-state index in [1.807, 2.05) is 55.6 Å². The van der Waals surface area contributed by atoms with Crippen molar-refractivity contribution in [2.75, 3.05) is 11.9 Å². The van der Waals surface area contributed by atoms with Gasteiger partial charge in [0.1, 0.15) is 10.0 Å². The van der Waals surface area contributed by atoms with Gasteiger partial charge in [-0.05, 0) is 36.8 Å². The molecule has 0 radical (unpaired) electrons. The number of anilines is 1. The Bertz CT molecular complexity index is 1120. The second-order valence-electron chi connectivity index (χ2n) is 5.93. The Kier molecular flexibility index (Phi) is 4.22. The number of aryl methyl sites for hydroxylation is 1. The summed E-state index contributed by atoms with van der Waals surface area (Å²) < 4.78 is 2.23. The first-order valence-electron chi connectivity index (χ1n) is 7.98. The SMILES string of the molecule is Cc1cccc(N(C)C(=O)c2nc(-c3cnn4ccccc34)c(Cl)s2)c1. The summed E-state index contributed by atoms with van der Waals surface area (Å²) >= 11 is 7.59. The average molecular weight is 383 g/mol. The number of benzene rings is 1. The van der Waals surface area contributed by atoms with Gasteiger partial charge in [-0.2, -0.15) is 5.10 Å². The summed E-state index contributed by atoms with van der Waals surface area (Å²) in [5, 5.41) is 4.66. The van der Waals surface area contributed by atoms with Crippen molar-refractivity contribution in [3.63, 3.8) is 0 Å². The summed E-state index contributed by atoms with van der Waals surface area (Å²) in [6.07, 6.45) is 3.57. The van der Waals surface area contributed by atoms with Gasteiger partial charge in [-0.3, -0.25) is 4.79 Å². The van der Waals surface area contributed by atoms with Crippen molar-refractivity contribution in [1.29, 1.82) is 0 Å². The first-order chi connectivity index (χ1) is 12.5. The van der Waals surface area contributed by atoms with Crippen LogP contribution in [-0.2, 0) is 0 Å². The van der Waals surface area contributed by atoms with E-state index in [2.05, 4.69) is 10.1 Å². The van der Waals surface area contributed by atoms with E-state index in [4.69, 9.17) is 11.6 Å². The maximum Gasteiger partial charge on any atom is 0.287 e. The van der Waals surface area contributed by atoms with Gasteiger partial charge in [0.05, 0.1) is 11.7 Å². The number of fused-ring (bicyclic) bond motifs is 1. The second-order valence-corrected chi connectivity index (χ2v) is 7.53. The van der Waals surface area contributed by atoms with E-state index in [0.717, 1.165) is 22.3 Å². The highest BCUT2D eigenvalue weighted by molar-refractivity contribution is 7.18. The molecule has 130 valence electrons. The Morgan fingerprint density at radius 3 is 2.88 bits per heavy atom. The lowest BCUT2D eigenvalue weighted by atomic mass is 10.2. The van der Waals surface area contributed by atoms with E-state index in [1.165, 1.54) is 11.3 Å². The monoisotopic (exact) mass is 382 g/mol. The average Bonchev–Trinajstić information content (AvgIpc) is 3.23. The Morgan fingerprint density at radius 1 is 1.23 bits per heavy atom. The zero-order chi connectivity index (χ0) is 18.3. The quantitative estimate of drug-likeness (QED) is 0.516. The summed E-state index contributed by atoms with van der Waals surface area (Å²) in [7, 11) is 1.74. The normalized spacial score (nSPS) is 11.0. The van der Waals surface area contributed by atoms with Gasteiger partial charge in [0.25, 0.3) is 5.91 Å². The minimum Gasteiger partial charge on any atom is -0.309 e. The molecule has 26 heavy (non-hydrogen) atoms. The number of thiazole rings is 1. The number of hydrogen-bond donors (Lipinski definition) is 0. The molecule has 0 aliphatic carbocycles. The van der Waals surface area contributed by atoms with Crippen LogP contribution in [0.4, 0.5) is 5.69 Å². The lowest BCUT2D eigenvalue weighted by molar-refractivity contribution is 0.0992. The summed E-state index contributed by atoms with van der Waals surface area (Å²) in [4.78, 5) is 18.9. The van der Waals surface area contributed by atoms with Gasteiger partial charge < -0.3 is 4.90 Å². The summed E-state index contributed by atoms with van der Waals surface area (Å²) in [5.74, 6) is -0.190. The molecule has 3 heterocycles. The third-order valence-electron chi connectivity index (χ3n) is 4.14. The van der Waals surface area contributed by atoms with Gasteiger partial charge in [-0.25, -0.2) is 9.50 Å². The van der Waals surface area contributed by atoms with Crippen LogP contribution in [0.5, 0.6) is 0 Å². The smallest absolute Gasteiger partial charge is 0.287 e. The Hall–Kier alpha value is -2.70. The Balaban J connectivity index is 1.71. The molecule has 0 fully saturated rings. The standard InChI is InChI=1S/C19H15ClN4OS/c1-12-6-5-7-13(10-12)23(2)19(25)18-22-16(17(20)26-18)14-11-21-24-9-4-3-8-15(14)24/h3-11H,1-2H3. The highest BCUT2D eigenvalue weighted by Crippen LogP contribution is 2.35. The summed E-state index contributed by atoms with van der Waals surface area (Å²) in [6.45, 7) is 1.99. The first kappa shape index (κ1) is 16.8. The van der Waals surface area contributed by atoms with Gasteiger partial charge in [0.2, 0.25) is 0 Å². The molecule has 0 spiro atoms. The molecule has 4 aromatic rings. The van der Waals surface area contributed by atoms with Crippen molar-refractivity contribution in [1.82, 2.24) is 14.6 Å². The van der Waals surface area contributed by atoms with Gasteiger partial charge in [-0.15, -0.1) is 0 Å². The molecule has 0 atom stereocenters. The van der Waals surface area contributed by atoms with E-state index in [9.17, 15) is 4.79 Å². The molecule has 0 aliphatic heterocycles. The number of rotatable bonds is 3. The Morgan fingerprint density at radius 2 is 2.08 bits per heavy atom. The molecule has 1 amide bonds. The number of hydrogen-bond acceptors (Lipinski definition) is 4. The van der Waals surface area contributed by atoms with Crippen LogP contribution in [0.2, 0.25) is 4.34 Å². The van der Waals surface area contributed by atoms with Crippen LogP contribution in [0, 0.1) is 6.92 Å². The number of carbonyl (C=O) groups excluding carboxylic acids is 1. The van der Waals surface area contributed by atoms with Crippen LogP contribution < -0.4 is 4.90 Å². The van der Waals surface area contributed by atoms with Crippen molar-refractivity contribution in [2.45, 2.75) is 6.92 Å². The van der Waals surface area contributed by atoms with E-state index in [0.29, 0.717) is 15.0 Å². The fourth-order valence-electron chi connectivity index (χ4n) is 2.77. The third kappa shape index (κ3) is 2.87. The second kappa shape index (κ2) is 6.55. The van der Waals surface area contributed by atoms with Crippen molar-refractivity contribution in [2.24, 2.45) is 0 Å². The Labute approximate surface area is 159 Å². The van der Waals surface area contributed by atoms with Crippen LogP contribution >= 0.6 is 22.9 Å². The zero-order valence-corrected chi connectivity index (χ0v) is 15.8. The largest absolute Gasteiger partial charge is 0.309 e. The fraction of sp³-hybridized carbons (Fsp3) is 0.105. The molecule has 7 heteroatoms. The first-order valence-corrected chi connectivity index (χ1v) is 9.18. The van der Waals surface area contributed by atoms with Crippen molar-refractivity contribution >= 4 is 40.0 Å². The summed E-state index contributed by atoms with van der Waals surface area (Å²) in [5.41, 5.74) is 4.19. The molecule has 0 aliphatic rings. The van der Waals surface area contributed by atoms with Gasteiger partial charge >= 0.3 is 0 Å². The minimum atomic E-state index is -0.190. The number of amides is 1. The number of pyridine rings is 1. The van der Waals surface area contributed by atoms with Crippen molar-refractivity contribution in [3.05, 3.63) is 69.8 Å². The van der Waals surface area contributed by atoms with E-state index in [-0.39, 0.29) is 5.91 Å². The molecule has 0 saturated heterocycles. The number of nitrogens with zero attached hydrogens (tertiary/aromatic N) is 4. The van der Waals surface area contributed by atoms with E-state index < -0.39 is 0 Å². The summed E-state index contributed by atoms with van der Waals surface area (Å²) in [6, 6.07) is 13.5. The third-order valence-corrected chi connectivity index (χ3v) is 5.39. The predicted molar refractivity (Wildman–Crippen MR) is 105 cm³/mol. The predicted octanol–water partition coefficient (Wildman–Crippen LogP) is 4.70. The lowest BCUT2D eigenvalue weighted by Gasteiger charge is -2.16. The van der Waals surface area contributed by atoms with Gasteiger partial charge in [0, 0.05) is 24.5 Å². The molecule has 3 aromatic heterocycles. The molecular weight excluding hydrogens is 368 g/mol. The van der Waals surface area contributed by atoms with Crippen LogP contribution in [0.1, 0.15) is 15.4 Å². The molecule has 5 nitrogen and oxygen atoms in total. The van der Waals surface area contributed by atoms with Crippen LogP contribution in [0.15, 0.2) is 54.9 Å². The van der Waals surface area contributed by atoms with E-state index in [1.54, 1.807) is 22.7 Å². The lowest BCUT2D eigenvalue weighted by Crippen LogP contribution is -2.26. The molecule has 0 unspecified atom stereocenters. The van der Waals surface area contributed by atoms with Gasteiger partial charge in [-0.1, -0.05) is 41.1 Å².